The average molecular weight is 614 g/mol. The third-order valence-corrected chi connectivity index (χ3v) is 8.42. The lowest BCUT2D eigenvalue weighted by molar-refractivity contribution is -0.143. The number of nitrogens with one attached hydrogen (secondary N) is 2. The number of hydrogen-bond donors (Lipinski definition) is 2. The van der Waals surface area contributed by atoms with Gasteiger partial charge in [0.05, 0.1) is 17.5 Å². The van der Waals surface area contributed by atoms with Crippen LogP contribution in [0, 0.1) is 28.9 Å². The van der Waals surface area contributed by atoms with E-state index in [1.165, 1.54) is 4.90 Å². The molecule has 4 rings (SSSR count). The first-order chi connectivity index (χ1) is 20.6. The van der Waals surface area contributed by atoms with E-state index < -0.39 is 87.9 Å². The van der Waals surface area contributed by atoms with E-state index in [4.69, 9.17) is 0 Å². The third kappa shape index (κ3) is 6.42. The molecule has 11 heteroatoms. The van der Waals surface area contributed by atoms with Crippen molar-refractivity contribution in [2.75, 3.05) is 18.5 Å². The number of para-hydroxylation sites is 1. The fourth-order valence-electron chi connectivity index (χ4n) is 6.38. The molecule has 2 aliphatic rings. The normalized spacial score (nSPS) is 20.8. The molecule has 8 nitrogen and oxygen atoms in total. The van der Waals surface area contributed by atoms with Gasteiger partial charge in [-0.15, -0.1) is 0 Å². The Labute approximate surface area is 254 Å². The molecular weight excluding hydrogens is 575 g/mol. The molecule has 1 spiro atoms. The SMILES string of the molecule is CC(C)[C@H](NC(=O)c1c(F)cccc1F)C(=O)C[C@@H](CC(C)(C)C)C(=O)N1C[C@]2(C[C@H]1C(=O)CF)C(=O)Nc1ccccc12. The summed E-state index contributed by atoms with van der Waals surface area (Å²) in [7, 11) is 0. The van der Waals surface area contributed by atoms with Gasteiger partial charge in [0.1, 0.15) is 23.9 Å². The van der Waals surface area contributed by atoms with Crippen LogP contribution >= 0.6 is 0 Å². The summed E-state index contributed by atoms with van der Waals surface area (Å²) in [6, 6.07) is 7.53. The molecule has 0 bridgehead atoms. The lowest BCUT2D eigenvalue weighted by Gasteiger charge is -2.32. The molecule has 0 aliphatic carbocycles. The van der Waals surface area contributed by atoms with Gasteiger partial charge in [-0.1, -0.05) is 58.9 Å². The number of hydrogen-bond acceptors (Lipinski definition) is 5. The summed E-state index contributed by atoms with van der Waals surface area (Å²) >= 11 is 0. The van der Waals surface area contributed by atoms with Crippen LogP contribution in [0.15, 0.2) is 42.5 Å². The largest absolute Gasteiger partial charge is 0.342 e. The van der Waals surface area contributed by atoms with Crippen molar-refractivity contribution in [3.05, 3.63) is 65.2 Å². The number of benzene rings is 2. The Morgan fingerprint density at radius 3 is 2.27 bits per heavy atom. The van der Waals surface area contributed by atoms with Crippen molar-refractivity contribution < 1.29 is 37.1 Å². The molecule has 2 aliphatic heterocycles. The first kappa shape index (κ1) is 32.9. The van der Waals surface area contributed by atoms with Gasteiger partial charge in [-0.25, -0.2) is 13.2 Å². The molecule has 0 unspecified atom stereocenters. The van der Waals surface area contributed by atoms with Crippen molar-refractivity contribution in [1.82, 2.24) is 10.2 Å². The molecule has 0 radical (unpaired) electrons. The molecule has 236 valence electrons. The van der Waals surface area contributed by atoms with Gasteiger partial charge in [-0.2, -0.15) is 0 Å². The van der Waals surface area contributed by atoms with Crippen molar-refractivity contribution in [1.29, 1.82) is 0 Å². The van der Waals surface area contributed by atoms with Gasteiger partial charge in [0.15, 0.2) is 11.6 Å². The fourth-order valence-corrected chi connectivity index (χ4v) is 6.38. The number of rotatable bonds is 10. The van der Waals surface area contributed by atoms with Crippen LogP contribution in [0.25, 0.3) is 0 Å². The van der Waals surface area contributed by atoms with E-state index in [1.54, 1.807) is 38.1 Å². The van der Waals surface area contributed by atoms with Gasteiger partial charge >= 0.3 is 0 Å². The summed E-state index contributed by atoms with van der Waals surface area (Å²) in [6.45, 7) is 7.42. The zero-order chi connectivity index (χ0) is 32.6. The number of alkyl halides is 1. The van der Waals surface area contributed by atoms with E-state index in [0.717, 1.165) is 18.2 Å². The molecule has 1 saturated heterocycles. The van der Waals surface area contributed by atoms with Crippen LogP contribution in [-0.2, 0) is 24.6 Å². The minimum atomic E-state index is -1.33. The Balaban J connectivity index is 1.64. The maximum atomic E-state index is 14.3. The van der Waals surface area contributed by atoms with E-state index >= 15 is 0 Å². The highest BCUT2D eigenvalue weighted by Gasteiger charge is 2.57. The molecule has 4 atom stereocenters. The maximum absolute atomic E-state index is 14.3. The van der Waals surface area contributed by atoms with Gasteiger partial charge in [0, 0.05) is 24.6 Å². The summed E-state index contributed by atoms with van der Waals surface area (Å²) in [6.07, 6.45) is -0.262. The number of ketones is 2. The Hall–Kier alpha value is -4.02. The second kappa shape index (κ2) is 12.5. The predicted molar refractivity (Wildman–Crippen MR) is 157 cm³/mol. The summed E-state index contributed by atoms with van der Waals surface area (Å²) in [5.74, 6) is -7.11. The smallest absolute Gasteiger partial charge is 0.257 e. The molecular formula is C33H38F3N3O5. The molecule has 0 aromatic heterocycles. The van der Waals surface area contributed by atoms with Crippen LogP contribution in [-0.4, -0.2) is 59.5 Å². The van der Waals surface area contributed by atoms with Crippen molar-refractivity contribution in [3.8, 4) is 0 Å². The van der Waals surface area contributed by atoms with Crippen LogP contribution in [0.3, 0.4) is 0 Å². The topological polar surface area (TPSA) is 113 Å². The van der Waals surface area contributed by atoms with Crippen LogP contribution in [0.4, 0.5) is 18.9 Å². The van der Waals surface area contributed by atoms with Crippen LogP contribution in [0.1, 0.15) is 69.8 Å². The monoisotopic (exact) mass is 613 g/mol. The van der Waals surface area contributed by atoms with Crippen molar-refractivity contribution >= 4 is 35.0 Å². The molecule has 44 heavy (non-hydrogen) atoms. The Kier molecular flexibility index (Phi) is 9.37. The first-order valence-corrected chi connectivity index (χ1v) is 14.7. The summed E-state index contributed by atoms with van der Waals surface area (Å²) < 4.78 is 42.4. The molecule has 2 N–H and O–H groups in total. The van der Waals surface area contributed by atoms with Crippen LogP contribution < -0.4 is 10.6 Å². The van der Waals surface area contributed by atoms with E-state index in [9.17, 15) is 37.1 Å². The molecule has 3 amide bonds. The number of Topliss-reactive ketones (excluding diaryl/α,β-unsaturated/α-hetero) is 2. The molecule has 2 aromatic rings. The molecule has 0 saturated carbocycles. The third-order valence-electron chi connectivity index (χ3n) is 8.42. The summed E-state index contributed by atoms with van der Waals surface area (Å²) in [5.41, 5.74) is -1.37. The molecule has 1 fully saturated rings. The Bertz CT molecular complexity index is 1470. The van der Waals surface area contributed by atoms with Crippen LogP contribution in [0.2, 0.25) is 0 Å². The first-order valence-electron chi connectivity index (χ1n) is 14.7. The number of amides is 3. The van der Waals surface area contributed by atoms with Gasteiger partial charge in [0.25, 0.3) is 5.91 Å². The van der Waals surface area contributed by atoms with Gasteiger partial charge in [0.2, 0.25) is 11.8 Å². The Morgan fingerprint density at radius 1 is 1.05 bits per heavy atom. The second-order valence-electron chi connectivity index (χ2n) is 13.3. The van der Waals surface area contributed by atoms with Crippen molar-refractivity contribution in [2.45, 2.75) is 71.4 Å². The number of carbonyl (C=O) groups is 5. The maximum Gasteiger partial charge on any atom is 0.257 e. The number of halogens is 3. The van der Waals surface area contributed by atoms with Crippen LogP contribution in [0.5, 0.6) is 0 Å². The number of nitrogens with zero attached hydrogens (tertiary/aromatic N) is 1. The van der Waals surface area contributed by atoms with E-state index in [-0.39, 0.29) is 25.8 Å². The minimum absolute atomic E-state index is 0.0978. The Morgan fingerprint density at radius 2 is 1.68 bits per heavy atom. The molecule has 2 aromatic carbocycles. The van der Waals surface area contributed by atoms with Gasteiger partial charge < -0.3 is 15.5 Å². The standard InChI is InChI=1S/C33H38F3N3O5/c1-18(2)28(38-29(42)27-21(35)10-8-11-22(27)36)25(40)13-19(14-32(3,4)5)30(43)39-17-33(15-24(39)26(41)16-34)20-9-6-7-12-23(20)37-31(33)44/h6-12,18-19,24,28H,13-17H2,1-5H3,(H,37,44)(H,38,42)/t19-,24-,28-,33-/m0/s1. The van der Waals surface area contributed by atoms with Gasteiger partial charge in [-0.3, -0.25) is 24.0 Å². The average Bonchev–Trinajstić information content (AvgIpc) is 3.47. The second-order valence-corrected chi connectivity index (χ2v) is 13.3. The van der Waals surface area contributed by atoms with Crippen molar-refractivity contribution in [2.24, 2.45) is 17.3 Å². The predicted octanol–water partition coefficient (Wildman–Crippen LogP) is 4.76. The summed E-state index contributed by atoms with van der Waals surface area (Å²) in [5, 5.41) is 5.24. The highest BCUT2D eigenvalue weighted by atomic mass is 19.1. The zero-order valence-corrected chi connectivity index (χ0v) is 25.5. The highest BCUT2D eigenvalue weighted by molar-refractivity contribution is 6.08. The number of anilines is 1. The lowest BCUT2D eigenvalue weighted by Crippen LogP contribution is -2.49. The van der Waals surface area contributed by atoms with E-state index in [2.05, 4.69) is 10.6 Å². The van der Waals surface area contributed by atoms with Gasteiger partial charge in [-0.05, 0) is 47.9 Å². The van der Waals surface area contributed by atoms with E-state index in [1.807, 2.05) is 20.8 Å². The minimum Gasteiger partial charge on any atom is -0.342 e. The zero-order valence-electron chi connectivity index (χ0n) is 25.5. The fraction of sp³-hybridized carbons (Fsp3) is 0.485. The quantitative estimate of drug-likeness (QED) is 0.401. The molecule has 2 heterocycles. The number of carbonyl (C=O) groups excluding carboxylic acids is 5. The number of fused-ring (bicyclic) bond motifs is 2. The van der Waals surface area contributed by atoms with Crippen molar-refractivity contribution in [3.63, 3.8) is 0 Å². The highest BCUT2D eigenvalue weighted by Crippen LogP contribution is 2.47. The lowest BCUT2D eigenvalue weighted by atomic mass is 9.79. The summed E-state index contributed by atoms with van der Waals surface area (Å²) in [4.78, 5) is 68.2. The van der Waals surface area contributed by atoms with E-state index in [0.29, 0.717) is 11.3 Å². The number of likely N-dealkylation sites (tertiary alicyclic amines) is 1.